The van der Waals surface area contributed by atoms with Crippen molar-refractivity contribution in [2.75, 3.05) is 5.88 Å². The van der Waals surface area contributed by atoms with Gasteiger partial charge < -0.3 is 0 Å². The van der Waals surface area contributed by atoms with Crippen LogP contribution >= 0.6 is 11.6 Å². The third kappa shape index (κ3) is 3.84. The van der Waals surface area contributed by atoms with Crippen molar-refractivity contribution >= 4 is 11.6 Å². The quantitative estimate of drug-likeness (QED) is 0.685. The first-order valence-electron chi connectivity index (χ1n) is 7.13. The van der Waals surface area contributed by atoms with Crippen LogP contribution in [-0.2, 0) is 6.54 Å². The zero-order chi connectivity index (χ0) is 14.4. The molecule has 106 valence electrons. The van der Waals surface area contributed by atoms with Gasteiger partial charge in [-0.1, -0.05) is 60.7 Å². The molecule has 2 rings (SSSR count). The van der Waals surface area contributed by atoms with Crippen LogP contribution in [0, 0.1) is 0 Å². The van der Waals surface area contributed by atoms with Gasteiger partial charge >= 0.3 is 0 Å². The molecule has 20 heavy (non-hydrogen) atoms. The highest BCUT2D eigenvalue weighted by atomic mass is 35.5. The third-order valence-corrected chi connectivity index (χ3v) is 4.22. The molecule has 0 saturated heterocycles. The van der Waals surface area contributed by atoms with E-state index in [-0.39, 0.29) is 0 Å². The molecule has 1 nitrogen and oxygen atoms in total. The molecule has 0 N–H and O–H groups in total. The lowest BCUT2D eigenvalue weighted by Crippen LogP contribution is -2.36. The van der Waals surface area contributed by atoms with Crippen molar-refractivity contribution in [1.82, 2.24) is 4.90 Å². The number of halogens is 1. The van der Waals surface area contributed by atoms with Gasteiger partial charge in [-0.2, -0.15) is 0 Å². The van der Waals surface area contributed by atoms with E-state index >= 15 is 0 Å². The molecule has 2 unspecified atom stereocenters. The molecular weight excluding hydrogens is 266 g/mol. The SMILES string of the molecule is CC(CCl)N(Cc1ccccc1)C(C)c1ccccc1. The monoisotopic (exact) mass is 287 g/mol. The molecule has 0 spiro atoms. The fourth-order valence-electron chi connectivity index (χ4n) is 2.48. The summed E-state index contributed by atoms with van der Waals surface area (Å²) in [4.78, 5) is 2.46. The highest BCUT2D eigenvalue weighted by molar-refractivity contribution is 6.18. The van der Waals surface area contributed by atoms with Crippen molar-refractivity contribution in [3.63, 3.8) is 0 Å². The van der Waals surface area contributed by atoms with Gasteiger partial charge in [0.05, 0.1) is 0 Å². The Bertz CT molecular complexity index is 497. The average molecular weight is 288 g/mol. The number of benzene rings is 2. The molecule has 2 aromatic carbocycles. The van der Waals surface area contributed by atoms with Gasteiger partial charge in [0.15, 0.2) is 0 Å². The summed E-state index contributed by atoms with van der Waals surface area (Å²) in [5.41, 5.74) is 2.66. The van der Waals surface area contributed by atoms with Crippen LogP contribution in [0.5, 0.6) is 0 Å². The van der Waals surface area contributed by atoms with Crippen LogP contribution in [0.25, 0.3) is 0 Å². The summed E-state index contributed by atoms with van der Waals surface area (Å²) in [6.45, 7) is 5.36. The molecule has 0 aromatic heterocycles. The lowest BCUT2D eigenvalue weighted by atomic mass is 10.0. The Morgan fingerprint density at radius 3 is 2.00 bits per heavy atom. The Hall–Kier alpha value is -1.31. The summed E-state index contributed by atoms with van der Waals surface area (Å²) < 4.78 is 0. The van der Waals surface area contributed by atoms with E-state index in [0.29, 0.717) is 18.0 Å². The lowest BCUT2D eigenvalue weighted by molar-refractivity contribution is 0.157. The molecule has 0 aliphatic carbocycles. The van der Waals surface area contributed by atoms with Crippen molar-refractivity contribution in [2.24, 2.45) is 0 Å². The number of alkyl halides is 1. The third-order valence-electron chi connectivity index (χ3n) is 3.78. The van der Waals surface area contributed by atoms with E-state index in [9.17, 15) is 0 Å². The maximum Gasteiger partial charge on any atom is 0.0377 e. The summed E-state index contributed by atoms with van der Waals surface area (Å²) in [7, 11) is 0. The van der Waals surface area contributed by atoms with E-state index in [1.165, 1.54) is 11.1 Å². The summed E-state index contributed by atoms with van der Waals surface area (Å²) in [5.74, 6) is 0.643. The van der Waals surface area contributed by atoms with Gasteiger partial charge in [-0.25, -0.2) is 0 Å². The molecule has 0 aliphatic rings. The van der Waals surface area contributed by atoms with Crippen LogP contribution in [-0.4, -0.2) is 16.8 Å². The highest BCUT2D eigenvalue weighted by Crippen LogP contribution is 2.25. The smallest absolute Gasteiger partial charge is 0.0377 e. The van der Waals surface area contributed by atoms with E-state index in [1.54, 1.807) is 0 Å². The number of nitrogens with zero attached hydrogens (tertiary/aromatic N) is 1. The Balaban J connectivity index is 2.19. The van der Waals surface area contributed by atoms with Gasteiger partial charge in [-0.05, 0) is 25.0 Å². The van der Waals surface area contributed by atoms with E-state index in [4.69, 9.17) is 11.6 Å². The second kappa shape index (κ2) is 7.47. The van der Waals surface area contributed by atoms with Gasteiger partial charge in [-0.15, -0.1) is 11.6 Å². The fraction of sp³-hybridized carbons (Fsp3) is 0.333. The minimum absolute atomic E-state index is 0.340. The normalized spacial score (nSPS) is 14.2. The molecule has 0 fully saturated rings. The predicted molar refractivity (Wildman–Crippen MR) is 87.0 cm³/mol. The van der Waals surface area contributed by atoms with E-state index in [2.05, 4.69) is 79.4 Å². The largest absolute Gasteiger partial charge is 0.289 e. The highest BCUT2D eigenvalue weighted by Gasteiger charge is 2.20. The summed E-state index contributed by atoms with van der Waals surface area (Å²) in [6, 6.07) is 21.9. The Labute approximate surface area is 127 Å². The molecule has 2 heteroatoms. The number of rotatable bonds is 6. The van der Waals surface area contributed by atoms with Gasteiger partial charge in [-0.3, -0.25) is 4.90 Å². The summed E-state index contributed by atoms with van der Waals surface area (Å²) in [5, 5.41) is 0. The molecule has 0 heterocycles. The molecule has 2 atom stereocenters. The Kier molecular flexibility index (Phi) is 5.63. The number of hydrogen-bond acceptors (Lipinski definition) is 1. The van der Waals surface area contributed by atoms with E-state index in [0.717, 1.165) is 6.54 Å². The molecule has 0 radical (unpaired) electrons. The molecule has 0 aliphatic heterocycles. The maximum atomic E-state index is 6.10. The molecule has 0 amide bonds. The first kappa shape index (κ1) is 15.1. The zero-order valence-electron chi connectivity index (χ0n) is 12.2. The lowest BCUT2D eigenvalue weighted by Gasteiger charge is -2.34. The van der Waals surface area contributed by atoms with Crippen molar-refractivity contribution in [3.8, 4) is 0 Å². The standard InChI is InChI=1S/C18H22ClN/c1-15(13-19)20(14-17-9-5-3-6-10-17)16(2)18-11-7-4-8-12-18/h3-12,15-16H,13-14H2,1-2H3. The van der Waals surface area contributed by atoms with Crippen LogP contribution in [0.15, 0.2) is 60.7 Å². The van der Waals surface area contributed by atoms with Gasteiger partial charge in [0.2, 0.25) is 0 Å². The van der Waals surface area contributed by atoms with Crippen molar-refractivity contribution in [2.45, 2.75) is 32.5 Å². The van der Waals surface area contributed by atoms with Gasteiger partial charge in [0.1, 0.15) is 0 Å². The minimum Gasteiger partial charge on any atom is -0.289 e. The second-order valence-corrected chi connectivity index (χ2v) is 5.56. The second-order valence-electron chi connectivity index (χ2n) is 5.25. The van der Waals surface area contributed by atoms with Crippen molar-refractivity contribution in [3.05, 3.63) is 71.8 Å². The maximum absolute atomic E-state index is 6.10. The van der Waals surface area contributed by atoms with Crippen LogP contribution in [0.3, 0.4) is 0 Å². The average Bonchev–Trinajstić information content (AvgIpc) is 2.53. The van der Waals surface area contributed by atoms with Gasteiger partial charge in [0.25, 0.3) is 0 Å². The van der Waals surface area contributed by atoms with Crippen LogP contribution < -0.4 is 0 Å². The van der Waals surface area contributed by atoms with Crippen LogP contribution in [0.2, 0.25) is 0 Å². The van der Waals surface area contributed by atoms with Crippen molar-refractivity contribution in [1.29, 1.82) is 0 Å². The summed E-state index contributed by atoms with van der Waals surface area (Å²) >= 11 is 6.10. The van der Waals surface area contributed by atoms with E-state index < -0.39 is 0 Å². The molecule has 2 aromatic rings. The van der Waals surface area contributed by atoms with Crippen LogP contribution in [0.1, 0.15) is 31.0 Å². The first-order chi connectivity index (χ1) is 9.72. The minimum atomic E-state index is 0.340. The summed E-state index contributed by atoms with van der Waals surface area (Å²) in [6.07, 6.45) is 0. The van der Waals surface area contributed by atoms with Crippen molar-refractivity contribution < 1.29 is 0 Å². The van der Waals surface area contributed by atoms with Gasteiger partial charge in [0, 0.05) is 24.5 Å². The fourth-order valence-corrected chi connectivity index (χ4v) is 2.66. The predicted octanol–water partition coefficient (Wildman–Crippen LogP) is 4.88. The van der Waals surface area contributed by atoms with E-state index in [1.807, 2.05) is 0 Å². The Morgan fingerprint density at radius 2 is 1.45 bits per heavy atom. The Morgan fingerprint density at radius 1 is 0.900 bits per heavy atom. The molecule has 0 bridgehead atoms. The van der Waals surface area contributed by atoms with Crippen LogP contribution in [0.4, 0.5) is 0 Å². The zero-order valence-corrected chi connectivity index (χ0v) is 12.9. The number of hydrogen-bond donors (Lipinski definition) is 0. The molecule has 0 saturated carbocycles. The first-order valence-corrected chi connectivity index (χ1v) is 7.66. The topological polar surface area (TPSA) is 3.24 Å². The molecular formula is C18H22ClN.